The number of carbonyl (C=O) groups is 1. The van der Waals surface area contributed by atoms with E-state index in [1.54, 1.807) is 0 Å². The summed E-state index contributed by atoms with van der Waals surface area (Å²) in [6, 6.07) is 20.9. The zero-order chi connectivity index (χ0) is 17.9. The third kappa shape index (κ3) is 3.58. The summed E-state index contributed by atoms with van der Waals surface area (Å²) < 4.78 is 5.98. The Morgan fingerprint density at radius 3 is 2.15 bits per heavy atom. The van der Waals surface area contributed by atoms with Crippen LogP contribution < -0.4 is 0 Å². The van der Waals surface area contributed by atoms with Crippen molar-refractivity contribution in [1.82, 2.24) is 4.90 Å². The molecule has 2 heterocycles. The standard InChI is InChI=1S/C23H25NO2/c1-24-19-12-13-20(24)16-21(15-19)26-23(25)22(18-10-6-3-7-11-18)14-17-8-4-2-5-9-17/h2-11,14,19-21H,12-13,15-16H2,1H3/b22-14+/t19-,20+,21?. The van der Waals surface area contributed by atoms with E-state index in [-0.39, 0.29) is 12.1 Å². The molecule has 2 aromatic rings. The van der Waals surface area contributed by atoms with Crippen LogP contribution in [0.3, 0.4) is 0 Å². The van der Waals surface area contributed by atoms with Crippen molar-refractivity contribution < 1.29 is 9.53 Å². The van der Waals surface area contributed by atoms with Gasteiger partial charge < -0.3 is 9.64 Å². The third-order valence-corrected chi connectivity index (χ3v) is 5.74. The summed E-state index contributed by atoms with van der Waals surface area (Å²) in [5.74, 6) is -0.214. The minimum Gasteiger partial charge on any atom is -0.459 e. The fourth-order valence-corrected chi connectivity index (χ4v) is 4.27. The summed E-state index contributed by atoms with van der Waals surface area (Å²) in [5.41, 5.74) is 2.53. The maximum atomic E-state index is 13.0. The van der Waals surface area contributed by atoms with E-state index in [1.165, 1.54) is 12.8 Å². The fraction of sp³-hybridized carbons (Fsp3) is 0.348. The van der Waals surface area contributed by atoms with E-state index < -0.39 is 0 Å². The van der Waals surface area contributed by atoms with Gasteiger partial charge >= 0.3 is 5.97 Å². The molecule has 2 aliphatic rings. The van der Waals surface area contributed by atoms with E-state index in [4.69, 9.17) is 4.74 Å². The minimum absolute atomic E-state index is 0.0269. The van der Waals surface area contributed by atoms with Crippen LogP contribution in [0.4, 0.5) is 0 Å². The lowest BCUT2D eigenvalue weighted by atomic mass is 9.99. The number of nitrogens with zero attached hydrogens (tertiary/aromatic N) is 1. The zero-order valence-corrected chi connectivity index (χ0v) is 15.2. The maximum Gasteiger partial charge on any atom is 0.339 e. The molecule has 1 unspecified atom stereocenters. The molecule has 3 nitrogen and oxygen atoms in total. The van der Waals surface area contributed by atoms with Crippen LogP contribution in [-0.4, -0.2) is 36.1 Å². The van der Waals surface area contributed by atoms with Gasteiger partial charge in [-0.15, -0.1) is 0 Å². The predicted molar refractivity (Wildman–Crippen MR) is 104 cm³/mol. The Labute approximate surface area is 155 Å². The Morgan fingerprint density at radius 2 is 1.54 bits per heavy atom. The molecule has 0 radical (unpaired) electrons. The number of rotatable bonds is 4. The molecule has 2 fully saturated rings. The van der Waals surface area contributed by atoms with Crippen molar-refractivity contribution in [3.63, 3.8) is 0 Å². The average Bonchev–Trinajstić information content (AvgIpc) is 2.88. The van der Waals surface area contributed by atoms with Crippen LogP contribution in [0.15, 0.2) is 60.7 Å². The molecule has 2 aliphatic heterocycles. The molecular formula is C23H25NO2. The van der Waals surface area contributed by atoms with Crippen molar-refractivity contribution in [3.05, 3.63) is 71.8 Å². The summed E-state index contributed by atoms with van der Waals surface area (Å²) in [6.45, 7) is 0. The van der Waals surface area contributed by atoms with E-state index in [9.17, 15) is 4.79 Å². The lowest BCUT2D eigenvalue weighted by molar-refractivity contribution is -0.144. The van der Waals surface area contributed by atoms with Gasteiger partial charge in [-0.1, -0.05) is 60.7 Å². The van der Waals surface area contributed by atoms with Gasteiger partial charge in [0.25, 0.3) is 0 Å². The van der Waals surface area contributed by atoms with E-state index >= 15 is 0 Å². The first kappa shape index (κ1) is 17.0. The molecule has 0 saturated carbocycles. The number of piperidine rings is 1. The van der Waals surface area contributed by atoms with E-state index in [1.807, 2.05) is 66.7 Å². The second-order valence-electron chi connectivity index (χ2n) is 7.38. The van der Waals surface area contributed by atoms with Crippen LogP contribution in [0.5, 0.6) is 0 Å². The highest BCUT2D eigenvalue weighted by Crippen LogP contribution is 2.36. The summed E-state index contributed by atoms with van der Waals surface area (Å²) in [7, 11) is 2.20. The quantitative estimate of drug-likeness (QED) is 0.466. The van der Waals surface area contributed by atoms with Gasteiger partial charge in [-0.25, -0.2) is 4.79 Å². The van der Waals surface area contributed by atoms with Crippen LogP contribution in [0, 0.1) is 0 Å². The topological polar surface area (TPSA) is 29.5 Å². The number of esters is 1. The van der Waals surface area contributed by atoms with Crippen molar-refractivity contribution >= 4 is 17.6 Å². The van der Waals surface area contributed by atoms with Gasteiger partial charge in [0.2, 0.25) is 0 Å². The summed E-state index contributed by atoms with van der Waals surface area (Å²) >= 11 is 0. The van der Waals surface area contributed by atoms with E-state index in [0.29, 0.717) is 17.7 Å². The average molecular weight is 347 g/mol. The van der Waals surface area contributed by atoms with Crippen LogP contribution in [0.25, 0.3) is 11.6 Å². The molecule has 0 N–H and O–H groups in total. The van der Waals surface area contributed by atoms with E-state index in [0.717, 1.165) is 24.0 Å². The first-order chi connectivity index (χ1) is 12.7. The molecule has 134 valence electrons. The fourth-order valence-electron chi connectivity index (χ4n) is 4.27. The molecule has 0 spiro atoms. The molecule has 26 heavy (non-hydrogen) atoms. The molecule has 2 aromatic carbocycles. The number of hydrogen-bond acceptors (Lipinski definition) is 3. The maximum absolute atomic E-state index is 13.0. The van der Waals surface area contributed by atoms with Gasteiger partial charge in [-0.3, -0.25) is 0 Å². The van der Waals surface area contributed by atoms with Gasteiger partial charge in [-0.2, -0.15) is 0 Å². The van der Waals surface area contributed by atoms with Crippen molar-refractivity contribution in [2.75, 3.05) is 7.05 Å². The van der Waals surface area contributed by atoms with Gasteiger partial charge in [0.15, 0.2) is 0 Å². The SMILES string of the molecule is CN1[C@@H]2CC[C@H]1CC(OC(=O)/C(=C/c1ccccc1)c1ccccc1)C2. The molecular weight excluding hydrogens is 322 g/mol. The van der Waals surface area contributed by atoms with Gasteiger partial charge in [0.05, 0.1) is 5.57 Å². The van der Waals surface area contributed by atoms with Crippen molar-refractivity contribution in [1.29, 1.82) is 0 Å². The van der Waals surface area contributed by atoms with Gasteiger partial charge in [-0.05, 0) is 37.1 Å². The molecule has 0 aromatic heterocycles. The Morgan fingerprint density at radius 1 is 0.962 bits per heavy atom. The first-order valence-electron chi connectivity index (χ1n) is 9.46. The Bertz CT molecular complexity index is 770. The molecule has 3 atom stereocenters. The van der Waals surface area contributed by atoms with Crippen LogP contribution >= 0.6 is 0 Å². The minimum atomic E-state index is -0.214. The highest BCUT2D eigenvalue weighted by atomic mass is 16.5. The second-order valence-corrected chi connectivity index (χ2v) is 7.38. The Kier molecular flexibility index (Phi) is 4.89. The van der Waals surface area contributed by atoms with Crippen molar-refractivity contribution in [3.8, 4) is 0 Å². The first-order valence-corrected chi connectivity index (χ1v) is 9.46. The van der Waals surface area contributed by atoms with E-state index in [2.05, 4.69) is 11.9 Å². The molecule has 4 rings (SSSR count). The highest BCUT2D eigenvalue weighted by Gasteiger charge is 2.40. The van der Waals surface area contributed by atoms with Gasteiger partial charge in [0.1, 0.15) is 6.10 Å². The molecule has 0 amide bonds. The highest BCUT2D eigenvalue weighted by molar-refractivity contribution is 6.21. The van der Waals surface area contributed by atoms with Crippen LogP contribution in [-0.2, 0) is 9.53 Å². The van der Waals surface area contributed by atoms with Crippen molar-refractivity contribution in [2.24, 2.45) is 0 Å². The number of hydrogen-bond donors (Lipinski definition) is 0. The number of benzene rings is 2. The molecule has 0 aliphatic carbocycles. The molecule has 2 saturated heterocycles. The molecule has 2 bridgehead atoms. The summed E-state index contributed by atoms with van der Waals surface area (Å²) in [5, 5.41) is 0. The smallest absolute Gasteiger partial charge is 0.339 e. The third-order valence-electron chi connectivity index (χ3n) is 5.74. The second kappa shape index (κ2) is 7.46. The Hall–Kier alpha value is -2.39. The lowest BCUT2D eigenvalue weighted by Crippen LogP contribution is -2.43. The number of fused-ring (bicyclic) bond motifs is 2. The monoisotopic (exact) mass is 347 g/mol. The Balaban J connectivity index is 1.56. The van der Waals surface area contributed by atoms with Gasteiger partial charge in [0, 0.05) is 24.9 Å². The number of ether oxygens (including phenoxy) is 1. The zero-order valence-electron chi connectivity index (χ0n) is 15.2. The van der Waals surface area contributed by atoms with Crippen molar-refractivity contribution in [2.45, 2.75) is 43.9 Å². The lowest BCUT2D eigenvalue weighted by Gasteiger charge is -2.35. The van der Waals surface area contributed by atoms with Crippen LogP contribution in [0.1, 0.15) is 36.8 Å². The van der Waals surface area contributed by atoms with Crippen LogP contribution in [0.2, 0.25) is 0 Å². The largest absolute Gasteiger partial charge is 0.459 e. The summed E-state index contributed by atoms with van der Waals surface area (Å²) in [4.78, 5) is 15.5. The normalized spacial score (nSPS) is 25.9. The summed E-state index contributed by atoms with van der Waals surface area (Å²) in [6.07, 6.45) is 6.31. The predicted octanol–water partition coefficient (Wildman–Crippen LogP) is 4.40. The number of carbonyl (C=O) groups excluding carboxylic acids is 1. The molecule has 3 heteroatoms.